The number of benzene rings is 1. The van der Waals surface area contributed by atoms with Crippen molar-refractivity contribution in [2.24, 2.45) is 0 Å². The summed E-state index contributed by atoms with van der Waals surface area (Å²) in [7, 11) is 0. The Morgan fingerprint density at radius 1 is 1.05 bits per heavy atom. The van der Waals surface area contributed by atoms with E-state index in [0.717, 1.165) is 0 Å². The number of oxazole rings is 1. The van der Waals surface area contributed by atoms with Crippen LogP contribution in [0.2, 0.25) is 10.0 Å². The van der Waals surface area contributed by atoms with Gasteiger partial charge in [-0.05, 0) is 59.7 Å². The van der Waals surface area contributed by atoms with Crippen LogP contribution in [0.1, 0.15) is 69.4 Å². The van der Waals surface area contributed by atoms with E-state index in [4.69, 9.17) is 41.8 Å². The molecule has 1 aromatic carbocycles. The van der Waals surface area contributed by atoms with Crippen LogP contribution in [0.3, 0.4) is 0 Å². The minimum absolute atomic E-state index is 0.0199. The molecule has 0 bridgehead atoms. The fourth-order valence-corrected chi connectivity index (χ4v) is 4.00. The number of halogens is 2. The lowest BCUT2D eigenvalue weighted by molar-refractivity contribution is 0.0501. The third kappa shape index (κ3) is 8.00. The molecule has 2 N–H and O–H groups in total. The van der Waals surface area contributed by atoms with Crippen molar-refractivity contribution in [3.8, 4) is 23.0 Å². The molecule has 0 spiro atoms. The van der Waals surface area contributed by atoms with E-state index in [1.807, 2.05) is 13.8 Å². The summed E-state index contributed by atoms with van der Waals surface area (Å²) in [6, 6.07) is 4.44. The van der Waals surface area contributed by atoms with Gasteiger partial charge in [-0.15, -0.1) is 0 Å². The number of ether oxygens (including phenoxy) is 3. The molecule has 0 aliphatic heterocycles. The van der Waals surface area contributed by atoms with Crippen molar-refractivity contribution in [3.63, 3.8) is 0 Å². The first-order chi connectivity index (χ1) is 18.4. The molecule has 0 aliphatic carbocycles. The number of hydrogen-bond donors (Lipinski definition) is 2. The first kappa shape index (κ1) is 30.0. The van der Waals surface area contributed by atoms with Gasteiger partial charge in [-0.3, -0.25) is 9.78 Å². The predicted molar refractivity (Wildman–Crippen MR) is 147 cm³/mol. The van der Waals surface area contributed by atoms with Crippen molar-refractivity contribution in [1.82, 2.24) is 20.6 Å². The average molecular weight is 579 g/mol. The van der Waals surface area contributed by atoms with Crippen LogP contribution in [0.5, 0.6) is 11.5 Å². The van der Waals surface area contributed by atoms with E-state index in [2.05, 4.69) is 20.6 Å². The predicted octanol–water partition coefficient (Wildman–Crippen LogP) is 6.36. The monoisotopic (exact) mass is 578 g/mol. The topological polar surface area (TPSA) is 125 Å². The molecular weight excluding hydrogens is 547 g/mol. The van der Waals surface area contributed by atoms with Gasteiger partial charge in [0, 0.05) is 30.1 Å². The normalized spacial score (nSPS) is 12.0. The van der Waals surface area contributed by atoms with Gasteiger partial charge in [-0.25, -0.2) is 9.78 Å². The highest BCUT2D eigenvalue weighted by Crippen LogP contribution is 2.34. The molecule has 3 rings (SSSR count). The van der Waals surface area contributed by atoms with Gasteiger partial charge in [-0.1, -0.05) is 23.2 Å². The van der Waals surface area contributed by atoms with Crippen LogP contribution < -0.4 is 20.1 Å². The van der Waals surface area contributed by atoms with Crippen LogP contribution in [-0.4, -0.2) is 40.8 Å². The Kier molecular flexibility index (Phi) is 10.0. The molecule has 0 radical (unpaired) electrons. The number of pyridine rings is 1. The summed E-state index contributed by atoms with van der Waals surface area (Å²) >= 11 is 12.4. The van der Waals surface area contributed by atoms with Gasteiger partial charge in [0.25, 0.3) is 5.91 Å². The Bertz CT molecular complexity index is 1300. The lowest BCUT2D eigenvalue weighted by Gasteiger charge is -2.21. The summed E-state index contributed by atoms with van der Waals surface area (Å²) in [4.78, 5) is 34.1. The third-order valence-corrected chi connectivity index (χ3v) is 5.81. The van der Waals surface area contributed by atoms with E-state index in [-0.39, 0.29) is 23.9 Å². The number of hydrogen-bond acceptors (Lipinski definition) is 8. The van der Waals surface area contributed by atoms with Gasteiger partial charge in [0.05, 0.1) is 29.3 Å². The van der Waals surface area contributed by atoms with Crippen LogP contribution in [-0.2, 0) is 11.3 Å². The Morgan fingerprint density at radius 3 is 2.31 bits per heavy atom. The van der Waals surface area contributed by atoms with E-state index in [0.29, 0.717) is 45.9 Å². The molecule has 3 aromatic rings. The average Bonchev–Trinajstić information content (AvgIpc) is 3.30. The van der Waals surface area contributed by atoms with Crippen molar-refractivity contribution in [1.29, 1.82) is 0 Å². The van der Waals surface area contributed by atoms with Crippen molar-refractivity contribution < 1.29 is 28.2 Å². The maximum Gasteiger partial charge on any atom is 0.408 e. The Hall–Kier alpha value is -3.50. The molecule has 1 unspecified atom stereocenters. The van der Waals surface area contributed by atoms with Gasteiger partial charge in [-0.2, -0.15) is 0 Å². The van der Waals surface area contributed by atoms with Gasteiger partial charge in [0.15, 0.2) is 23.0 Å². The van der Waals surface area contributed by atoms with Crippen LogP contribution in [0, 0.1) is 0 Å². The third-order valence-electron chi connectivity index (χ3n) is 5.16. The fourth-order valence-electron chi connectivity index (χ4n) is 3.50. The second kappa shape index (κ2) is 13.0. The smallest absolute Gasteiger partial charge is 0.408 e. The number of nitrogens with one attached hydrogen (secondary N) is 2. The van der Waals surface area contributed by atoms with Crippen molar-refractivity contribution in [2.75, 3.05) is 13.2 Å². The molecule has 0 aliphatic rings. The lowest BCUT2D eigenvalue weighted by Crippen LogP contribution is -2.34. The molecule has 0 fully saturated rings. The van der Waals surface area contributed by atoms with Crippen LogP contribution >= 0.6 is 23.2 Å². The largest absolute Gasteiger partial charge is 0.490 e. The van der Waals surface area contributed by atoms with Crippen LogP contribution in [0.4, 0.5) is 4.79 Å². The highest BCUT2D eigenvalue weighted by Gasteiger charge is 2.28. The summed E-state index contributed by atoms with van der Waals surface area (Å²) in [6.45, 7) is 11.5. The zero-order valence-electron chi connectivity index (χ0n) is 22.7. The first-order valence-electron chi connectivity index (χ1n) is 12.4. The molecular formula is C27H32Cl2N4O6. The zero-order chi connectivity index (χ0) is 28.7. The molecule has 0 saturated carbocycles. The van der Waals surface area contributed by atoms with Gasteiger partial charge in [0.2, 0.25) is 5.89 Å². The molecule has 39 heavy (non-hydrogen) atoms. The van der Waals surface area contributed by atoms with Crippen molar-refractivity contribution in [3.05, 3.63) is 57.7 Å². The number of amides is 2. The Morgan fingerprint density at radius 2 is 1.69 bits per heavy atom. The van der Waals surface area contributed by atoms with Gasteiger partial charge < -0.3 is 29.3 Å². The lowest BCUT2D eigenvalue weighted by atomic mass is 10.2. The maximum atomic E-state index is 13.3. The number of aromatic nitrogens is 2. The number of alkyl carbamates (subject to hydrolysis) is 1. The van der Waals surface area contributed by atoms with Crippen molar-refractivity contribution >= 4 is 35.2 Å². The SMILES string of the molecule is CCOc1ccc(-c2nc(C(=O)NCc3c(Cl)cncc3Cl)c(C(C)NC(=O)OC(C)(C)C)o2)cc1OCC. The molecule has 210 valence electrons. The summed E-state index contributed by atoms with van der Waals surface area (Å²) in [6.07, 6.45) is 2.20. The maximum absolute atomic E-state index is 13.3. The van der Waals surface area contributed by atoms with E-state index >= 15 is 0 Å². The minimum atomic E-state index is -0.760. The summed E-state index contributed by atoms with van der Waals surface area (Å²) in [5.41, 5.74) is 0.311. The summed E-state index contributed by atoms with van der Waals surface area (Å²) < 4.78 is 22.8. The molecule has 1 atom stereocenters. The van der Waals surface area contributed by atoms with Crippen LogP contribution in [0.25, 0.3) is 11.5 Å². The molecule has 0 saturated heterocycles. The molecule has 10 nitrogen and oxygen atoms in total. The number of carbonyl (C=O) groups excluding carboxylic acids is 2. The van der Waals surface area contributed by atoms with E-state index in [9.17, 15) is 9.59 Å². The molecule has 2 amide bonds. The zero-order valence-corrected chi connectivity index (χ0v) is 24.2. The highest BCUT2D eigenvalue weighted by molar-refractivity contribution is 6.35. The summed E-state index contributed by atoms with van der Waals surface area (Å²) in [5, 5.41) is 6.07. The summed E-state index contributed by atoms with van der Waals surface area (Å²) in [5.74, 6) is 0.797. The van der Waals surface area contributed by atoms with Crippen molar-refractivity contribution in [2.45, 2.75) is 59.7 Å². The second-order valence-electron chi connectivity index (χ2n) is 9.39. The minimum Gasteiger partial charge on any atom is -0.490 e. The molecule has 2 heterocycles. The number of nitrogens with zero attached hydrogens (tertiary/aromatic N) is 2. The molecule has 12 heteroatoms. The molecule has 2 aromatic heterocycles. The van der Waals surface area contributed by atoms with Crippen LogP contribution in [0.15, 0.2) is 35.0 Å². The Balaban J connectivity index is 1.97. The van der Waals surface area contributed by atoms with E-state index in [1.165, 1.54) is 12.4 Å². The van der Waals surface area contributed by atoms with E-state index < -0.39 is 23.6 Å². The first-order valence-corrected chi connectivity index (χ1v) is 13.1. The Labute approximate surface area is 237 Å². The highest BCUT2D eigenvalue weighted by atomic mass is 35.5. The fraction of sp³-hybridized carbons (Fsp3) is 0.407. The quantitative estimate of drug-likeness (QED) is 0.285. The van der Waals surface area contributed by atoms with Gasteiger partial charge in [0.1, 0.15) is 5.60 Å². The van der Waals surface area contributed by atoms with E-state index in [1.54, 1.807) is 45.9 Å². The number of rotatable bonds is 10. The number of carbonyl (C=O) groups is 2. The second-order valence-corrected chi connectivity index (χ2v) is 10.2. The van der Waals surface area contributed by atoms with Gasteiger partial charge >= 0.3 is 6.09 Å². The standard InChI is InChI=1S/C27H32Cl2N4O6/c1-7-36-20-10-9-16(11-21(20)37-8-2)25-33-22(23(38-25)15(3)32-26(35)39-27(4,5)6)24(34)31-12-17-18(28)13-30-14-19(17)29/h9-11,13-15H,7-8,12H2,1-6H3,(H,31,34)(H,32,35).